The van der Waals surface area contributed by atoms with Gasteiger partial charge in [0.25, 0.3) is 0 Å². The number of rotatable bonds is 4. The van der Waals surface area contributed by atoms with Crippen molar-refractivity contribution >= 4 is 28.0 Å². The van der Waals surface area contributed by atoms with Crippen LogP contribution in [0.3, 0.4) is 0 Å². The molecule has 0 fully saturated rings. The molecule has 0 saturated heterocycles. The van der Waals surface area contributed by atoms with Gasteiger partial charge in [-0.25, -0.2) is 18.7 Å². The number of nitrogens with one attached hydrogen (secondary N) is 1. The molecule has 0 aliphatic heterocycles. The summed E-state index contributed by atoms with van der Waals surface area (Å²) in [5, 5.41) is 4.96. The topological polar surface area (TPSA) is 59.3 Å². The van der Waals surface area contributed by atoms with Gasteiger partial charge in [0.15, 0.2) is 5.13 Å². The summed E-state index contributed by atoms with van der Waals surface area (Å²) in [5.41, 5.74) is 2.53. The molecule has 26 heavy (non-hydrogen) atoms. The van der Waals surface area contributed by atoms with Crippen molar-refractivity contribution in [3.8, 4) is 11.3 Å². The molecule has 0 spiro atoms. The largest absolute Gasteiger partial charge is 0.304 e. The Morgan fingerprint density at radius 1 is 1.04 bits per heavy atom. The van der Waals surface area contributed by atoms with Crippen molar-refractivity contribution in [1.29, 1.82) is 0 Å². The number of carbonyl (C=O) groups is 1. The van der Waals surface area contributed by atoms with Gasteiger partial charge in [-0.05, 0) is 36.4 Å². The molecule has 130 valence electrons. The minimum absolute atomic E-state index is 0.0504. The first-order chi connectivity index (χ1) is 12.6. The molecule has 1 amide bonds. The highest BCUT2D eigenvalue weighted by Gasteiger charge is 2.11. The Hall–Kier alpha value is -3.13. The lowest BCUT2D eigenvalue weighted by molar-refractivity contribution is -0.115. The number of halogens is 2. The Bertz CT molecular complexity index is 1090. The predicted molar refractivity (Wildman–Crippen MR) is 95.0 cm³/mol. The van der Waals surface area contributed by atoms with Crippen LogP contribution in [0, 0.1) is 11.6 Å². The maximum absolute atomic E-state index is 13.2. The number of hydrogen-bond acceptors (Lipinski definition) is 4. The Morgan fingerprint density at radius 2 is 1.81 bits per heavy atom. The van der Waals surface area contributed by atoms with Crippen LogP contribution in [-0.4, -0.2) is 20.3 Å². The van der Waals surface area contributed by atoms with Gasteiger partial charge in [0.2, 0.25) is 5.91 Å². The number of fused-ring (bicyclic) bond motifs is 1. The van der Waals surface area contributed by atoms with Crippen molar-refractivity contribution in [3.63, 3.8) is 0 Å². The van der Waals surface area contributed by atoms with E-state index in [0.717, 1.165) is 5.56 Å². The van der Waals surface area contributed by atoms with E-state index in [1.165, 1.54) is 40.1 Å². The van der Waals surface area contributed by atoms with Crippen molar-refractivity contribution in [3.05, 3.63) is 71.5 Å². The Labute approximate surface area is 151 Å². The van der Waals surface area contributed by atoms with Gasteiger partial charge >= 0.3 is 0 Å². The monoisotopic (exact) mass is 370 g/mol. The number of benzene rings is 1. The third kappa shape index (κ3) is 3.45. The summed E-state index contributed by atoms with van der Waals surface area (Å²) in [4.78, 5) is 20.8. The molecule has 3 heterocycles. The van der Waals surface area contributed by atoms with Gasteiger partial charge in [-0.1, -0.05) is 0 Å². The average molecular weight is 370 g/mol. The van der Waals surface area contributed by atoms with E-state index >= 15 is 0 Å². The Balaban J connectivity index is 1.45. The zero-order valence-electron chi connectivity index (χ0n) is 13.3. The van der Waals surface area contributed by atoms with E-state index < -0.39 is 0 Å². The molecule has 0 saturated carbocycles. The first-order valence-corrected chi connectivity index (χ1v) is 8.59. The molecule has 0 aliphatic carbocycles. The fourth-order valence-corrected chi connectivity index (χ4v) is 3.25. The molecule has 0 bridgehead atoms. The lowest BCUT2D eigenvalue weighted by Crippen LogP contribution is -2.14. The average Bonchev–Trinajstić information content (AvgIpc) is 3.21. The molecule has 0 radical (unpaired) electrons. The molecule has 0 aliphatic rings. The van der Waals surface area contributed by atoms with Crippen LogP contribution in [0.15, 0.2) is 54.2 Å². The second kappa shape index (κ2) is 6.64. The molecule has 4 rings (SSSR count). The van der Waals surface area contributed by atoms with Crippen LogP contribution in [0.4, 0.5) is 13.9 Å². The third-order valence-electron chi connectivity index (χ3n) is 3.70. The highest BCUT2D eigenvalue weighted by molar-refractivity contribution is 7.14. The SMILES string of the molecule is O=C(Cc1cn2cc(F)ccc2n1)Nc1nc(-c2ccc(F)cc2)cs1. The van der Waals surface area contributed by atoms with Gasteiger partial charge in [0, 0.05) is 23.3 Å². The van der Waals surface area contributed by atoms with Gasteiger partial charge in [-0.2, -0.15) is 0 Å². The summed E-state index contributed by atoms with van der Waals surface area (Å²) in [6.07, 6.45) is 2.97. The standard InChI is InChI=1S/C18H12F2N4OS/c19-12-3-1-11(2-4-12)15-10-26-18(22-15)23-17(25)7-14-9-24-8-13(20)5-6-16(24)21-14/h1-6,8-10H,7H2,(H,22,23,25). The summed E-state index contributed by atoms with van der Waals surface area (Å²) >= 11 is 1.28. The highest BCUT2D eigenvalue weighted by Crippen LogP contribution is 2.25. The van der Waals surface area contributed by atoms with E-state index in [4.69, 9.17) is 0 Å². The number of anilines is 1. The Morgan fingerprint density at radius 3 is 2.62 bits per heavy atom. The minimum atomic E-state index is -0.373. The van der Waals surface area contributed by atoms with Crippen molar-refractivity contribution in [1.82, 2.24) is 14.4 Å². The number of aromatic nitrogens is 3. The number of imidazole rings is 1. The number of thiazole rings is 1. The van der Waals surface area contributed by atoms with Crippen molar-refractivity contribution in [2.75, 3.05) is 5.32 Å². The molecule has 3 aromatic heterocycles. The number of amides is 1. The fraction of sp³-hybridized carbons (Fsp3) is 0.0556. The van der Waals surface area contributed by atoms with E-state index in [1.54, 1.807) is 29.8 Å². The summed E-state index contributed by atoms with van der Waals surface area (Å²) in [5.74, 6) is -0.958. The third-order valence-corrected chi connectivity index (χ3v) is 4.45. The summed E-state index contributed by atoms with van der Waals surface area (Å²) in [6, 6.07) is 8.85. The first-order valence-electron chi connectivity index (χ1n) is 7.71. The molecular weight excluding hydrogens is 358 g/mol. The van der Waals surface area contributed by atoms with E-state index in [1.807, 2.05) is 0 Å². The highest BCUT2D eigenvalue weighted by atomic mass is 32.1. The molecular formula is C18H12F2N4OS. The maximum atomic E-state index is 13.2. The zero-order valence-corrected chi connectivity index (χ0v) is 14.1. The lowest BCUT2D eigenvalue weighted by Gasteiger charge is -1.99. The number of pyridine rings is 1. The predicted octanol–water partition coefficient (Wildman–Crippen LogP) is 3.92. The van der Waals surface area contributed by atoms with Gasteiger partial charge in [0.1, 0.15) is 17.3 Å². The van der Waals surface area contributed by atoms with Crippen molar-refractivity contribution in [2.24, 2.45) is 0 Å². The van der Waals surface area contributed by atoms with Crippen LogP contribution < -0.4 is 5.32 Å². The fourth-order valence-electron chi connectivity index (χ4n) is 2.51. The van der Waals surface area contributed by atoms with Gasteiger partial charge < -0.3 is 9.72 Å². The smallest absolute Gasteiger partial charge is 0.232 e. The van der Waals surface area contributed by atoms with E-state index in [2.05, 4.69) is 15.3 Å². The quantitative estimate of drug-likeness (QED) is 0.592. The van der Waals surface area contributed by atoms with Gasteiger partial charge in [0.05, 0.1) is 17.8 Å². The molecule has 0 atom stereocenters. The second-order valence-electron chi connectivity index (χ2n) is 5.61. The first kappa shape index (κ1) is 16.3. The van der Waals surface area contributed by atoms with Crippen LogP contribution in [0.5, 0.6) is 0 Å². The van der Waals surface area contributed by atoms with Crippen LogP contribution in [0.1, 0.15) is 5.69 Å². The summed E-state index contributed by atoms with van der Waals surface area (Å²) in [6.45, 7) is 0. The van der Waals surface area contributed by atoms with Crippen LogP contribution in [-0.2, 0) is 11.2 Å². The summed E-state index contributed by atoms with van der Waals surface area (Å²) in [7, 11) is 0. The van der Waals surface area contributed by atoms with Crippen LogP contribution in [0.25, 0.3) is 16.9 Å². The Kier molecular flexibility index (Phi) is 4.18. The summed E-state index contributed by atoms with van der Waals surface area (Å²) < 4.78 is 27.7. The molecule has 5 nitrogen and oxygen atoms in total. The zero-order chi connectivity index (χ0) is 18.1. The molecule has 0 unspecified atom stereocenters. The van der Waals surface area contributed by atoms with Crippen molar-refractivity contribution < 1.29 is 13.6 Å². The molecule has 4 aromatic rings. The number of hydrogen-bond donors (Lipinski definition) is 1. The minimum Gasteiger partial charge on any atom is -0.304 e. The van der Waals surface area contributed by atoms with Gasteiger partial charge in [-0.15, -0.1) is 11.3 Å². The van der Waals surface area contributed by atoms with E-state index in [0.29, 0.717) is 22.2 Å². The normalized spacial score (nSPS) is 11.0. The van der Waals surface area contributed by atoms with Crippen LogP contribution >= 0.6 is 11.3 Å². The van der Waals surface area contributed by atoms with E-state index in [-0.39, 0.29) is 24.0 Å². The maximum Gasteiger partial charge on any atom is 0.232 e. The van der Waals surface area contributed by atoms with Crippen LogP contribution in [0.2, 0.25) is 0 Å². The second-order valence-corrected chi connectivity index (χ2v) is 6.47. The number of carbonyl (C=O) groups excluding carboxylic acids is 1. The molecule has 1 N–H and O–H groups in total. The number of nitrogens with zero attached hydrogens (tertiary/aromatic N) is 3. The van der Waals surface area contributed by atoms with Crippen molar-refractivity contribution in [2.45, 2.75) is 6.42 Å². The van der Waals surface area contributed by atoms with E-state index in [9.17, 15) is 13.6 Å². The molecule has 1 aromatic carbocycles. The lowest BCUT2D eigenvalue weighted by atomic mass is 10.2. The van der Waals surface area contributed by atoms with Gasteiger partial charge in [-0.3, -0.25) is 4.79 Å². The molecule has 8 heteroatoms.